The van der Waals surface area contributed by atoms with Gasteiger partial charge in [-0.15, -0.1) is 0 Å². The normalized spacial score (nSPS) is 55.7. The van der Waals surface area contributed by atoms with Crippen LogP contribution in [0.25, 0.3) is 0 Å². The van der Waals surface area contributed by atoms with E-state index in [0.29, 0.717) is 4.90 Å². The van der Waals surface area contributed by atoms with Crippen molar-refractivity contribution in [3.63, 3.8) is 0 Å². The third-order valence-electron chi connectivity index (χ3n) is 3.46. The number of benzene rings is 1. The first kappa shape index (κ1) is 6.52. The molecule has 1 aromatic carbocycles. The second kappa shape index (κ2) is 9.84. The molecule has 2 fully saturated rings. The lowest BCUT2D eigenvalue weighted by atomic mass is 9.84. The average molecular weight is 430 g/mol. The second-order valence-corrected chi connectivity index (χ2v) is 6.16. The van der Waals surface area contributed by atoms with Gasteiger partial charge in [-0.25, -0.2) is 4.79 Å². The molecule has 156 valence electrons. The average Bonchev–Trinajstić information content (AvgIpc) is 2.96. The topological polar surface area (TPSA) is 38.8 Å². The largest absolute Gasteiger partial charge is 0.368 e. The number of hydrogen-bond donors (Lipinski definition) is 1. The molecule has 1 saturated carbocycles. The molecule has 5 nitrogen and oxygen atoms in total. The third kappa shape index (κ3) is 5.54. The van der Waals surface area contributed by atoms with Gasteiger partial charge in [0, 0.05) is 66.7 Å². The van der Waals surface area contributed by atoms with E-state index in [1.54, 1.807) is 5.32 Å². The summed E-state index contributed by atoms with van der Waals surface area (Å²) in [4.78, 5) is 12.5. The van der Waals surface area contributed by atoms with Gasteiger partial charge in [0.05, 0.1) is 21.7 Å². The van der Waals surface area contributed by atoms with Gasteiger partial charge in [-0.1, -0.05) is 23.7 Å². The SMILES string of the molecule is [2H]c1c([2H])c(C)c(Cl)c(N2C([2H])([2H])C([2H])([2H])N(CC([2H])([2H])[C@]3([2H])C([2H])([2H])C([2H])([2H])[C@@]([2H])(NC(=O)N(C)C)C([2H])([2H])C3([2H])[2H])C([2H])([2H])C2([2H])[2H])c1[2H]. The van der Waals surface area contributed by atoms with Crippen LogP contribution in [0.3, 0.4) is 0 Å². The van der Waals surface area contributed by atoms with Crippen molar-refractivity contribution in [2.24, 2.45) is 5.89 Å². The zero-order chi connectivity index (χ0) is 40.7. The lowest BCUT2D eigenvalue weighted by Gasteiger charge is -2.37. The van der Waals surface area contributed by atoms with Crippen LogP contribution in [0.1, 0.15) is 69.0 Å². The molecule has 3 rings (SSSR count). The van der Waals surface area contributed by atoms with Crippen LogP contribution in [0.5, 0.6) is 0 Å². The molecule has 0 atom stereocenters. The van der Waals surface area contributed by atoms with Crippen LogP contribution in [-0.4, -0.2) is 68.5 Å². The molecule has 0 spiro atoms. The van der Waals surface area contributed by atoms with Crippen LogP contribution in [0.4, 0.5) is 10.5 Å². The number of anilines is 1. The zero-order valence-electron chi connectivity index (χ0n) is 38.3. The highest BCUT2D eigenvalue weighted by molar-refractivity contribution is 6.34. The maximum atomic E-state index is 12.5. The summed E-state index contributed by atoms with van der Waals surface area (Å²) in [6.45, 7) is -16.9. The quantitative estimate of drug-likeness (QED) is 0.768. The molecule has 2 amide bonds. The van der Waals surface area contributed by atoms with E-state index < -0.39 is 116 Å². The Bertz CT molecular complexity index is 1530. The summed E-state index contributed by atoms with van der Waals surface area (Å²) in [6.07, 6.45) is -21.4. The van der Waals surface area contributed by atoms with Gasteiger partial charge >= 0.3 is 6.03 Å². The Morgan fingerprint density at radius 3 is 2.64 bits per heavy atom. The van der Waals surface area contributed by atoms with Crippen LogP contribution in [0, 0.1) is 12.8 Å². The number of hydrogen-bond acceptors (Lipinski definition) is 3. The summed E-state index contributed by atoms with van der Waals surface area (Å²) in [7, 11) is 2.14. The number of halogens is 1. The van der Waals surface area contributed by atoms with Crippen molar-refractivity contribution in [3.05, 3.63) is 28.7 Å². The van der Waals surface area contributed by atoms with Gasteiger partial charge < -0.3 is 15.1 Å². The van der Waals surface area contributed by atoms with Crippen molar-refractivity contribution in [2.45, 2.75) is 44.8 Å². The fraction of sp³-hybridized carbons (Fsp3) is 0.682. The van der Waals surface area contributed by atoms with Gasteiger partial charge in [0.1, 0.15) is 0 Å². The van der Waals surface area contributed by atoms with Crippen molar-refractivity contribution < 1.29 is 36.3 Å². The smallest absolute Gasteiger partial charge is 0.317 e. The molecule has 6 heteroatoms. The van der Waals surface area contributed by atoms with Crippen molar-refractivity contribution in [1.82, 2.24) is 15.1 Å². The lowest BCUT2D eigenvalue weighted by Crippen LogP contribution is -2.47. The van der Waals surface area contributed by atoms with E-state index in [0.717, 1.165) is 21.0 Å². The van der Waals surface area contributed by atoms with Crippen LogP contribution < -0.4 is 10.2 Å². The predicted octanol–water partition coefficient (Wildman–Crippen LogP) is 3.99. The highest BCUT2D eigenvalue weighted by atomic mass is 35.5. The predicted molar refractivity (Wildman–Crippen MR) is 117 cm³/mol. The Labute approximate surface area is 207 Å². The summed E-state index contributed by atoms with van der Waals surface area (Å²) in [5.41, 5.74) is -1.36. The number of nitrogens with one attached hydrogen (secondary N) is 1. The summed E-state index contributed by atoms with van der Waals surface area (Å²) >= 11 is 6.26. The number of carbonyl (C=O) groups excluding carboxylic acids is 1. The van der Waals surface area contributed by atoms with Gasteiger partial charge in [0.2, 0.25) is 0 Å². The molecular formula is C22H35ClN4O. The van der Waals surface area contributed by atoms with Crippen molar-refractivity contribution >= 4 is 23.3 Å². The standard InChI is InChI=1S/C22H35ClN4O/c1-17-5-4-6-20(21(17)23)27-15-13-26(14-16-27)12-11-18-7-9-19(10-8-18)24-22(28)25(2)3/h4-6,18-19H,7-16H2,1-3H3,(H,24,28)/t18-,19-/i4D,5D,6D,7D2,8D2,9D2,10D2,11D2,13D2,14D2,15D2,16D2,18D,19D. The minimum atomic E-state index is -4.46. The molecular weight excluding hydrogens is 372 g/mol. The van der Waals surface area contributed by atoms with Crippen LogP contribution in [0.2, 0.25) is 5.02 Å². The highest BCUT2D eigenvalue weighted by Crippen LogP contribution is 2.30. The monoisotopic (exact) mass is 429 g/mol. The van der Waals surface area contributed by atoms with Gasteiger partial charge in [0.25, 0.3) is 0 Å². The number of carbonyl (C=O) groups is 1. The molecule has 0 aromatic heterocycles. The van der Waals surface area contributed by atoms with Crippen molar-refractivity contribution in [3.8, 4) is 0 Å². The van der Waals surface area contributed by atoms with Gasteiger partial charge in [0.15, 0.2) is 0 Å². The molecule has 1 heterocycles. The van der Waals surface area contributed by atoms with Gasteiger partial charge in [-0.2, -0.15) is 0 Å². The highest BCUT2D eigenvalue weighted by Gasteiger charge is 2.24. The summed E-state index contributed by atoms with van der Waals surface area (Å²) in [5.74, 6) is -4.46. The Morgan fingerprint density at radius 2 is 2.00 bits per heavy atom. The maximum absolute atomic E-state index is 12.5. The van der Waals surface area contributed by atoms with E-state index in [9.17, 15) is 4.79 Å². The van der Waals surface area contributed by atoms with E-state index in [-0.39, 0.29) is 10.5 Å². The molecule has 28 heavy (non-hydrogen) atoms. The molecule has 1 N–H and O–H groups in total. The first-order chi connectivity index (χ1) is 22.2. The van der Waals surface area contributed by atoms with Gasteiger partial charge in [-0.3, -0.25) is 4.90 Å². The van der Waals surface area contributed by atoms with Gasteiger partial charge in [-0.05, 0) is 62.8 Å². The number of nitrogens with zero attached hydrogens (tertiary/aromatic N) is 3. The fourth-order valence-electron chi connectivity index (χ4n) is 1.93. The minimum Gasteiger partial charge on any atom is -0.368 e. The van der Waals surface area contributed by atoms with E-state index in [2.05, 4.69) is 0 Å². The van der Waals surface area contributed by atoms with E-state index in [1.807, 2.05) is 0 Å². The third-order valence-corrected chi connectivity index (χ3v) is 3.92. The van der Waals surface area contributed by atoms with E-state index in [1.165, 1.54) is 0 Å². The summed E-state index contributed by atoms with van der Waals surface area (Å²) < 4.78 is 198. The molecule has 0 radical (unpaired) electrons. The molecule has 1 aromatic rings. The van der Waals surface area contributed by atoms with Crippen LogP contribution >= 0.6 is 11.6 Å². The van der Waals surface area contributed by atoms with Crippen LogP contribution in [-0.2, 0) is 0 Å². The molecule has 0 bridgehead atoms. The molecule has 1 aliphatic carbocycles. The number of amides is 2. The first-order valence-corrected chi connectivity index (χ1v) is 8.43. The Morgan fingerprint density at radius 1 is 1.32 bits per heavy atom. The lowest BCUT2D eigenvalue weighted by molar-refractivity contribution is 0.194. The van der Waals surface area contributed by atoms with E-state index >= 15 is 0 Å². The molecule has 1 aliphatic heterocycles. The first-order valence-electron chi connectivity index (χ1n) is 19.5. The summed E-state index contributed by atoms with van der Waals surface area (Å²) in [6, 6.07) is -8.02. The summed E-state index contributed by atoms with van der Waals surface area (Å²) in [5, 5.41) is 0.843. The fourth-order valence-corrected chi connectivity index (χ4v) is 2.11. The molecule has 2 aliphatic rings. The van der Waals surface area contributed by atoms with Crippen molar-refractivity contribution in [2.75, 3.05) is 51.5 Å². The van der Waals surface area contributed by atoms with Crippen molar-refractivity contribution in [1.29, 1.82) is 0 Å². The number of urea groups is 1. The Kier molecular flexibility index (Phi) is 2.29. The molecule has 1 saturated heterocycles. The maximum Gasteiger partial charge on any atom is 0.317 e. The number of rotatable bonds is 5. The molecule has 0 unspecified atom stereocenters. The zero-order valence-corrected chi connectivity index (χ0v) is 16.1. The van der Waals surface area contributed by atoms with E-state index in [4.69, 9.17) is 43.1 Å². The minimum absolute atomic E-state index is 0.240. The van der Waals surface area contributed by atoms with Crippen LogP contribution in [0.15, 0.2) is 18.1 Å². The Balaban J connectivity index is 2.35. The second-order valence-electron chi connectivity index (χ2n) is 5.78. The Hall–Kier alpha value is -1.46. The number of piperazine rings is 1.